The summed E-state index contributed by atoms with van der Waals surface area (Å²) in [6, 6.07) is 6.34. The van der Waals surface area contributed by atoms with Crippen molar-refractivity contribution in [3.8, 4) is 11.1 Å². The van der Waals surface area contributed by atoms with Crippen LogP contribution < -0.4 is 20.9 Å². The predicted octanol–water partition coefficient (Wildman–Crippen LogP) is 3.09. The fraction of sp³-hybridized carbons (Fsp3) is 0.444. The lowest BCUT2D eigenvalue weighted by Gasteiger charge is -2.40. The Bertz CT molecular complexity index is 1270. The van der Waals surface area contributed by atoms with E-state index in [1.54, 1.807) is 0 Å². The van der Waals surface area contributed by atoms with Crippen molar-refractivity contribution in [1.29, 1.82) is 0 Å². The van der Waals surface area contributed by atoms with E-state index in [0.717, 1.165) is 6.07 Å². The third-order valence-corrected chi connectivity index (χ3v) is 7.51. The van der Waals surface area contributed by atoms with Crippen LogP contribution in [0.15, 0.2) is 30.3 Å². The summed E-state index contributed by atoms with van der Waals surface area (Å²) in [6.07, 6.45) is -3.36. The molecule has 0 aromatic heterocycles. The number of hydrogen-bond donors (Lipinski definition) is 3. The molecule has 2 aromatic carbocycles. The summed E-state index contributed by atoms with van der Waals surface area (Å²) >= 11 is 0. The molecular weight excluding hydrogens is 518 g/mol. The number of nitrogens with one attached hydrogen (secondary N) is 3. The van der Waals surface area contributed by atoms with E-state index in [1.165, 1.54) is 31.3 Å². The molecule has 3 atom stereocenters. The number of alkyl halides is 2. The highest BCUT2D eigenvalue weighted by molar-refractivity contribution is 5.99. The van der Waals surface area contributed by atoms with Crippen LogP contribution in [0.25, 0.3) is 11.1 Å². The molecule has 0 spiro atoms. The van der Waals surface area contributed by atoms with Crippen molar-refractivity contribution in [2.75, 3.05) is 50.5 Å². The first kappa shape index (κ1) is 28.3. The molecule has 2 heterocycles. The highest BCUT2D eigenvalue weighted by Crippen LogP contribution is 2.37. The van der Waals surface area contributed by atoms with Gasteiger partial charge < -0.3 is 25.8 Å². The zero-order valence-corrected chi connectivity index (χ0v) is 21.9. The third kappa shape index (κ3) is 6.00. The van der Waals surface area contributed by atoms with Crippen molar-refractivity contribution >= 4 is 29.1 Å². The van der Waals surface area contributed by atoms with E-state index in [-0.39, 0.29) is 35.0 Å². The van der Waals surface area contributed by atoms with E-state index in [0.29, 0.717) is 25.3 Å². The number of carbonyl (C=O) groups excluding carboxylic acids is 3. The topological polar surface area (TPSA) is 93.8 Å². The zero-order chi connectivity index (χ0) is 28.4. The average Bonchev–Trinajstić information content (AvgIpc) is 2.90. The minimum atomic E-state index is -2.88. The Morgan fingerprint density at radius 3 is 2.49 bits per heavy atom. The minimum Gasteiger partial charge on any atom is -0.367 e. The van der Waals surface area contributed by atoms with Gasteiger partial charge in [-0.1, -0.05) is 6.07 Å². The molecule has 39 heavy (non-hydrogen) atoms. The first-order valence-electron chi connectivity index (χ1n) is 12.7. The molecule has 2 unspecified atom stereocenters. The van der Waals surface area contributed by atoms with Gasteiger partial charge in [-0.15, -0.1) is 0 Å². The number of hydrogen-bond acceptors (Lipinski definition) is 5. The second-order valence-electron chi connectivity index (χ2n) is 10.0. The number of benzene rings is 2. The molecule has 2 aliphatic rings. The van der Waals surface area contributed by atoms with Gasteiger partial charge >= 0.3 is 0 Å². The molecule has 2 aliphatic heterocycles. The van der Waals surface area contributed by atoms with E-state index in [9.17, 15) is 27.6 Å². The second kappa shape index (κ2) is 11.6. The molecule has 0 radical (unpaired) electrons. The molecule has 8 nitrogen and oxygen atoms in total. The molecule has 3 N–H and O–H groups in total. The first-order chi connectivity index (χ1) is 18.5. The number of amides is 3. The normalized spacial score (nSPS) is 22.0. The minimum absolute atomic E-state index is 0.0408. The zero-order valence-electron chi connectivity index (χ0n) is 21.9. The maximum Gasteiger partial charge on any atom is 0.253 e. The number of likely N-dealkylation sites (N-methyl/N-ethyl adjacent to an activating group) is 1. The summed E-state index contributed by atoms with van der Waals surface area (Å²) in [5.74, 6) is -6.12. The lowest BCUT2D eigenvalue weighted by molar-refractivity contribution is -0.133. The smallest absolute Gasteiger partial charge is 0.253 e. The van der Waals surface area contributed by atoms with Gasteiger partial charge in [0, 0.05) is 57.2 Å². The van der Waals surface area contributed by atoms with Crippen molar-refractivity contribution in [2.45, 2.75) is 25.8 Å². The summed E-state index contributed by atoms with van der Waals surface area (Å²) in [7, 11) is 3.33. The van der Waals surface area contributed by atoms with Gasteiger partial charge in [0.1, 0.15) is 11.6 Å². The number of halogens is 4. The Morgan fingerprint density at radius 2 is 1.85 bits per heavy atom. The highest BCUT2D eigenvalue weighted by Gasteiger charge is 2.40. The molecule has 0 saturated carbocycles. The van der Waals surface area contributed by atoms with E-state index in [4.69, 9.17) is 0 Å². The predicted molar refractivity (Wildman–Crippen MR) is 139 cm³/mol. The summed E-state index contributed by atoms with van der Waals surface area (Å²) < 4.78 is 57.6. The summed E-state index contributed by atoms with van der Waals surface area (Å²) in [5, 5.41) is 7.48. The summed E-state index contributed by atoms with van der Waals surface area (Å²) in [5.41, 5.74) is 0.410. The fourth-order valence-electron chi connectivity index (χ4n) is 5.00. The van der Waals surface area contributed by atoms with E-state index < -0.39 is 54.0 Å². The fourth-order valence-corrected chi connectivity index (χ4v) is 5.00. The van der Waals surface area contributed by atoms with Crippen LogP contribution in [0.2, 0.25) is 0 Å². The molecular formula is C27H31F4N5O3. The number of carbonyl (C=O) groups is 3. The average molecular weight is 550 g/mol. The Labute approximate surface area is 223 Å². The van der Waals surface area contributed by atoms with Crippen LogP contribution in [-0.4, -0.2) is 75.4 Å². The largest absolute Gasteiger partial charge is 0.367 e. The van der Waals surface area contributed by atoms with E-state index in [1.807, 2.05) is 18.9 Å². The van der Waals surface area contributed by atoms with Crippen LogP contribution in [0, 0.1) is 23.5 Å². The van der Waals surface area contributed by atoms with Crippen LogP contribution in [0.1, 0.15) is 23.7 Å². The number of anilines is 2. The molecule has 2 fully saturated rings. The number of piperazine rings is 1. The quantitative estimate of drug-likeness (QED) is 0.482. The second-order valence-corrected chi connectivity index (χ2v) is 10.0. The molecule has 2 aromatic rings. The van der Waals surface area contributed by atoms with Crippen molar-refractivity contribution in [3.63, 3.8) is 0 Å². The maximum atomic E-state index is 15.5. The van der Waals surface area contributed by atoms with Crippen LogP contribution in [0.4, 0.5) is 28.9 Å². The highest BCUT2D eigenvalue weighted by atomic mass is 19.3. The first-order valence-corrected chi connectivity index (χ1v) is 12.7. The van der Waals surface area contributed by atoms with Crippen LogP contribution in [0.5, 0.6) is 0 Å². The molecule has 2 saturated heterocycles. The standard InChI is InChI=1S/C27H31F4N5O3/c1-14-13-36(7-6-35(14)3)23-11-21(29)17(15-4-5-16(20(28)8-15)26(38)32-2)9-22(23)34-27(39)19-12-33-24(37)10-18(19)25(30)31/h4-5,8-9,11,14,18-19,25H,6-7,10,12-13H2,1-3H3,(H,32,38)(H,33,37)(H,34,39)/t14-,18?,19?/m0/s1. The lowest BCUT2D eigenvalue weighted by atomic mass is 9.85. The van der Waals surface area contributed by atoms with Gasteiger partial charge in [0.15, 0.2) is 0 Å². The van der Waals surface area contributed by atoms with Gasteiger partial charge in [-0.3, -0.25) is 14.4 Å². The number of rotatable bonds is 6. The van der Waals surface area contributed by atoms with Crippen molar-refractivity contribution in [2.24, 2.45) is 11.8 Å². The summed E-state index contributed by atoms with van der Waals surface area (Å²) in [6.45, 7) is 3.47. The van der Waals surface area contributed by atoms with Crippen LogP contribution in [-0.2, 0) is 9.59 Å². The Hall–Kier alpha value is -3.67. The van der Waals surface area contributed by atoms with Crippen molar-refractivity contribution < 1.29 is 31.9 Å². The Balaban J connectivity index is 1.74. The van der Waals surface area contributed by atoms with Crippen LogP contribution >= 0.6 is 0 Å². The Morgan fingerprint density at radius 1 is 1.10 bits per heavy atom. The van der Waals surface area contributed by atoms with Gasteiger partial charge in [0.2, 0.25) is 18.2 Å². The molecule has 0 bridgehead atoms. The lowest BCUT2D eigenvalue weighted by Crippen LogP contribution is -2.50. The van der Waals surface area contributed by atoms with Gasteiger partial charge in [0.25, 0.3) is 5.91 Å². The van der Waals surface area contributed by atoms with E-state index >= 15 is 4.39 Å². The number of nitrogens with zero attached hydrogens (tertiary/aromatic N) is 2. The SMILES string of the molecule is CNC(=O)c1ccc(-c2cc(NC(=O)C3CNC(=O)CC3C(F)F)c(N3CCN(C)[C@@H](C)C3)cc2F)cc1F. The molecule has 210 valence electrons. The molecule has 0 aliphatic carbocycles. The van der Waals surface area contributed by atoms with Gasteiger partial charge in [-0.2, -0.15) is 0 Å². The summed E-state index contributed by atoms with van der Waals surface area (Å²) in [4.78, 5) is 40.9. The molecule has 3 amide bonds. The monoisotopic (exact) mass is 549 g/mol. The molecule has 12 heteroatoms. The van der Waals surface area contributed by atoms with Gasteiger partial charge in [-0.05, 0) is 43.8 Å². The van der Waals surface area contributed by atoms with Gasteiger partial charge in [0.05, 0.1) is 22.9 Å². The number of piperidine rings is 1. The Kier molecular flexibility index (Phi) is 8.43. The van der Waals surface area contributed by atoms with Crippen LogP contribution in [0.3, 0.4) is 0 Å². The van der Waals surface area contributed by atoms with Crippen molar-refractivity contribution in [1.82, 2.24) is 15.5 Å². The van der Waals surface area contributed by atoms with E-state index in [2.05, 4.69) is 20.9 Å². The third-order valence-electron chi connectivity index (χ3n) is 7.51. The van der Waals surface area contributed by atoms with Gasteiger partial charge in [-0.25, -0.2) is 17.6 Å². The molecule has 4 rings (SSSR count). The maximum absolute atomic E-state index is 15.5. The van der Waals surface area contributed by atoms with Crippen molar-refractivity contribution in [3.05, 3.63) is 47.5 Å².